The van der Waals surface area contributed by atoms with Gasteiger partial charge in [0.1, 0.15) is 5.75 Å². The van der Waals surface area contributed by atoms with E-state index in [4.69, 9.17) is 10.5 Å². The third-order valence-corrected chi connectivity index (χ3v) is 4.68. The lowest BCUT2D eigenvalue weighted by Crippen LogP contribution is -2.34. The predicted molar refractivity (Wildman–Crippen MR) is 87.5 cm³/mol. The van der Waals surface area contributed by atoms with Crippen molar-refractivity contribution in [3.8, 4) is 5.75 Å². The number of halogens is 2. The van der Waals surface area contributed by atoms with Gasteiger partial charge in [0.05, 0.1) is 23.7 Å². The summed E-state index contributed by atoms with van der Waals surface area (Å²) >= 11 is 3.46. The van der Waals surface area contributed by atoms with Crippen LogP contribution in [-0.2, 0) is 0 Å². The molecule has 20 heavy (non-hydrogen) atoms. The highest BCUT2D eigenvalue weighted by molar-refractivity contribution is 9.10. The van der Waals surface area contributed by atoms with Crippen molar-refractivity contribution in [2.45, 2.75) is 44.2 Å². The van der Waals surface area contributed by atoms with Gasteiger partial charge in [-0.3, -0.25) is 0 Å². The molecule has 2 atom stereocenters. The number of hydrogen-bond donors (Lipinski definition) is 2. The lowest BCUT2D eigenvalue weighted by molar-refractivity contribution is 0.0618. The van der Waals surface area contributed by atoms with Crippen molar-refractivity contribution in [1.82, 2.24) is 0 Å². The molecular weight excluding hydrogens is 342 g/mol. The quantitative estimate of drug-likeness (QED) is 0.854. The van der Waals surface area contributed by atoms with Crippen molar-refractivity contribution in [1.29, 1.82) is 0 Å². The Labute approximate surface area is 135 Å². The molecule has 0 heterocycles. The molecule has 0 aromatic heterocycles. The molecule has 0 bridgehead atoms. The van der Waals surface area contributed by atoms with Crippen molar-refractivity contribution >= 4 is 28.3 Å². The Bertz CT molecular complexity index is 424. The molecule has 0 radical (unpaired) electrons. The first-order valence-corrected chi connectivity index (χ1v) is 7.70. The summed E-state index contributed by atoms with van der Waals surface area (Å²) in [5.74, 6) is 1.12. The predicted octanol–water partition coefficient (Wildman–Crippen LogP) is 3.82. The van der Waals surface area contributed by atoms with E-state index in [9.17, 15) is 5.11 Å². The van der Waals surface area contributed by atoms with Gasteiger partial charge in [0.2, 0.25) is 0 Å². The van der Waals surface area contributed by atoms with Crippen LogP contribution in [0, 0.1) is 5.92 Å². The number of aliphatic hydroxyl groups excluding tert-OH is 1. The van der Waals surface area contributed by atoms with Crippen LogP contribution in [0.1, 0.15) is 43.7 Å². The van der Waals surface area contributed by atoms with Crippen LogP contribution < -0.4 is 10.5 Å². The molecule has 114 valence electrons. The maximum Gasteiger partial charge on any atom is 0.133 e. The minimum Gasteiger partial charge on any atom is -0.496 e. The summed E-state index contributed by atoms with van der Waals surface area (Å²) < 4.78 is 6.08. The summed E-state index contributed by atoms with van der Waals surface area (Å²) in [6.45, 7) is 0. The fraction of sp³-hybridized carbons (Fsp3) is 0.600. The summed E-state index contributed by atoms with van der Waals surface area (Å²) in [6.07, 6.45) is 5.42. The van der Waals surface area contributed by atoms with Gasteiger partial charge in [-0.1, -0.05) is 25.3 Å². The Kier molecular flexibility index (Phi) is 7.30. The van der Waals surface area contributed by atoms with Crippen LogP contribution >= 0.6 is 28.3 Å². The maximum absolute atomic E-state index is 10.4. The molecule has 0 unspecified atom stereocenters. The first-order valence-electron chi connectivity index (χ1n) is 6.90. The van der Waals surface area contributed by atoms with Gasteiger partial charge in [-0.05, 0) is 52.4 Å². The van der Waals surface area contributed by atoms with E-state index in [1.807, 2.05) is 18.2 Å². The molecule has 1 fully saturated rings. The van der Waals surface area contributed by atoms with Crippen molar-refractivity contribution in [3.05, 3.63) is 28.2 Å². The Balaban J connectivity index is 0.00000200. The largest absolute Gasteiger partial charge is 0.496 e. The Morgan fingerprint density at radius 2 is 1.95 bits per heavy atom. The number of rotatable bonds is 4. The van der Waals surface area contributed by atoms with E-state index in [1.165, 1.54) is 19.3 Å². The molecule has 0 saturated heterocycles. The monoisotopic (exact) mass is 363 g/mol. The number of methoxy groups -OCH3 is 1. The van der Waals surface area contributed by atoms with Gasteiger partial charge in [0.25, 0.3) is 0 Å². The van der Waals surface area contributed by atoms with E-state index in [0.29, 0.717) is 5.92 Å². The number of benzene rings is 1. The van der Waals surface area contributed by atoms with Gasteiger partial charge >= 0.3 is 0 Å². The normalized spacial score (nSPS) is 19.0. The van der Waals surface area contributed by atoms with Crippen LogP contribution in [0.25, 0.3) is 0 Å². The van der Waals surface area contributed by atoms with Crippen LogP contribution in [0.15, 0.2) is 22.7 Å². The fourth-order valence-corrected chi connectivity index (χ4v) is 3.41. The summed E-state index contributed by atoms with van der Waals surface area (Å²) in [5, 5.41) is 10.4. The average molecular weight is 365 g/mol. The van der Waals surface area contributed by atoms with Crippen LogP contribution in [0.2, 0.25) is 0 Å². The standard InChI is InChI=1S/C15H22BrNO2.ClH/c1-19-13-8-7-11(9-12(13)16)14(17)15(18)10-5-3-2-4-6-10;/h7-10,14-15,18H,2-6,17H2,1H3;1H/t14-,15+;/m0./s1. The molecule has 0 aliphatic heterocycles. The summed E-state index contributed by atoms with van der Waals surface area (Å²) in [4.78, 5) is 0. The number of nitrogens with two attached hydrogens (primary N) is 1. The summed E-state index contributed by atoms with van der Waals surface area (Å²) in [7, 11) is 1.64. The van der Waals surface area contributed by atoms with E-state index in [0.717, 1.165) is 28.6 Å². The van der Waals surface area contributed by atoms with Gasteiger partial charge in [0.15, 0.2) is 0 Å². The lowest BCUT2D eigenvalue weighted by atomic mass is 9.81. The molecule has 1 aromatic rings. The van der Waals surface area contributed by atoms with E-state index >= 15 is 0 Å². The zero-order chi connectivity index (χ0) is 13.8. The fourth-order valence-electron chi connectivity index (χ4n) is 2.86. The SMILES string of the molecule is COc1ccc([C@H](N)[C@H](O)C2CCCCC2)cc1Br.Cl. The number of aliphatic hydroxyl groups is 1. The second kappa shape index (κ2) is 8.23. The molecule has 0 spiro atoms. The molecule has 3 nitrogen and oxygen atoms in total. The van der Waals surface area contributed by atoms with Crippen LogP contribution in [-0.4, -0.2) is 18.3 Å². The second-order valence-corrected chi connectivity index (χ2v) is 6.16. The van der Waals surface area contributed by atoms with E-state index < -0.39 is 6.10 Å². The number of ether oxygens (including phenoxy) is 1. The van der Waals surface area contributed by atoms with Gasteiger partial charge in [0, 0.05) is 0 Å². The Morgan fingerprint density at radius 3 is 2.50 bits per heavy atom. The highest BCUT2D eigenvalue weighted by Crippen LogP contribution is 2.33. The minimum atomic E-state index is -0.458. The lowest BCUT2D eigenvalue weighted by Gasteiger charge is -2.30. The molecule has 1 aliphatic rings. The van der Waals surface area contributed by atoms with Crippen molar-refractivity contribution in [3.63, 3.8) is 0 Å². The first-order chi connectivity index (χ1) is 9.13. The zero-order valence-electron chi connectivity index (χ0n) is 11.7. The molecule has 1 aliphatic carbocycles. The molecular formula is C15H23BrClNO2. The highest BCUT2D eigenvalue weighted by atomic mass is 79.9. The summed E-state index contributed by atoms with van der Waals surface area (Å²) in [6, 6.07) is 5.42. The topological polar surface area (TPSA) is 55.5 Å². The molecule has 3 N–H and O–H groups in total. The van der Waals surface area contributed by atoms with Crippen molar-refractivity contribution in [2.24, 2.45) is 11.7 Å². The Morgan fingerprint density at radius 1 is 1.30 bits per heavy atom. The molecule has 1 saturated carbocycles. The van der Waals surface area contributed by atoms with Gasteiger partial charge in [-0.25, -0.2) is 0 Å². The molecule has 5 heteroatoms. The van der Waals surface area contributed by atoms with E-state index in [2.05, 4.69) is 15.9 Å². The smallest absolute Gasteiger partial charge is 0.133 e. The average Bonchev–Trinajstić information content (AvgIpc) is 2.46. The number of hydrogen-bond acceptors (Lipinski definition) is 3. The third-order valence-electron chi connectivity index (χ3n) is 4.06. The maximum atomic E-state index is 10.4. The molecule has 0 amide bonds. The first kappa shape index (κ1) is 17.8. The third kappa shape index (κ3) is 4.10. The molecule has 1 aromatic carbocycles. The Hall–Kier alpha value is -0.290. The van der Waals surface area contributed by atoms with E-state index in [-0.39, 0.29) is 18.4 Å². The van der Waals surface area contributed by atoms with Crippen LogP contribution in [0.4, 0.5) is 0 Å². The van der Waals surface area contributed by atoms with E-state index in [1.54, 1.807) is 7.11 Å². The highest BCUT2D eigenvalue weighted by Gasteiger charge is 2.27. The zero-order valence-corrected chi connectivity index (χ0v) is 14.1. The van der Waals surface area contributed by atoms with Crippen LogP contribution in [0.3, 0.4) is 0 Å². The minimum absolute atomic E-state index is 0. The van der Waals surface area contributed by atoms with Crippen LogP contribution in [0.5, 0.6) is 5.75 Å². The van der Waals surface area contributed by atoms with Crippen molar-refractivity contribution < 1.29 is 9.84 Å². The van der Waals surface area contributed by atoms with Gasteiger partial charge in [-0.2, -0.15) is 0 Å². The van der Waals surface area contributed by atoms with Gasteiger partial charge in [-0.15, -0.1) is 12.4 Å². The van der Waals surface area contributed by atoms with Gasteiger partial charge < -0.3 is 15.6 Å². The molecule has 2 rings (SSSR count). The second-order valence-electron chi connectivity index (χ2n) is 5.31. The summed E-state index contributed by atoms with van der Waals surface area (Å²) in [5.41, 5.74) is 7.17. The van der Waals surface area contributed by atoms with Crippen molar-refractivity contribution in [2.75, 3.05) is 7.11 Å².